The van der Waals surface area contributed by atoms with E-state index in [1.54, 1.807) is 19.9 Å². The predicted octanol–water partition coefficient (Wildman–Crippen LogP) is 4.65. The van der Waals surface area contributed by atoms with Gasteiger partial charge in [-0.3, -0.25) is 19.3 Å². The van der Waals surface area contributed by atoms with Gasteiger partial charge in [-0.15, -0.1) is 0 Å². The lowest BCUT2D eigenvalue weighted by Gasteiger charge is -2.45. The summed E-state index contributed by atoms with van der Waals surface area (Å²) in [6.07, 6.45) is 0.739. The Morgan fingerprint density at radius 3 is 1.75 bits per heavy atom. The van der Waals surface area contributed by atoms with Crippen molar-refractivity contribution in [1.82, 2.24) is 4.90 Å². The number of benzene rings is 3. The molecular formula is C33H32N2O5. The van der Waals surface area contributed by atoms with Crippen molar-refractivity contribution in [2.24, 2.45) is 17.8 Å². The molecule has 0 radical (unpaired) electrons. The fourth-order valence-corrected chi connectivity index (χ4v) is 7.01. The average Bonchev–Trinajstić information content (AvgIpc) is 3.22. The van der Waals surface area contributed by atoms with Crippen molar-refractivity contribution in [3.63, 3.8) is 0 Å². The Hall–Kier alpha value is -4.26. The molecule has 3 amide bonds. The molecule has 4 aliphatic rings. The van der Waals surface area contributed by atoms with Crippen LogP contribution in [-0.4, -0.2) is 41.2 Å². The van der Waals surface area contributed by atoms with E-state index >= 15 is 0 Å². The van der Waals surface area contributed by atoms with Crippen molar-refractivity contribution in [3.8, 4) is 0 Å². The summed E-state index contributed by atoms with van der Waals surface area (Å²) < 4.78 is 5.43. The van der Waals surface area contributed by atoms with Crippen LogP contribution in [0.2, 0.25) is 0 Å². The molecule has 0 aromatic heterocycles. The van der Waals surface area contributed by atoms with Crippen LogP contribution in [0.15, 0.2) is 72.8 Å². The van der Waals surface area contributed by atoms with E-state index in [0.717, 1.165) is 39.1 Å². The maximum Gasteiger partial charge on any atom is 0.330 e. The Labute approximate surface area is 233 Å². The van der Waals surface area contributed by atoms with Gasteiger partial charge in [0.2, 0.25) is 11.8 Å². The van der Waals surface area contributed by atoms with Gasteiger partial charge in [0.05, 0.1) is 11.8 Å². The maximum absolute atomic E-state index is 14.1. The minimum atomic E-state index is -1.12. The number of imide groups is 1. The highest BCUT2D eigenvalue weighted by molar-refractivity contribution is 6.10. The topological polar surface area (TPSA) is 92.8 Å². The molecule has 1 N–H and O–H groups in total. The molecule has 3 aliphatic carbocycles. The summed E-state index contributed by atoms with van der Waals surface area (Å²) in [4.78, 5) is 55.4. The first-order valence-corrected chi connectivity index (χ1v) is 13.9. The second-order valence-electron chi connectivity index (χ2n) is 11.2. The lowest BCUT2D eigenvalue weighted by Crippen LogP contribution is -2.49. The number of nitrogens with zero attached hydrogens (tertiary/aromatic N) is 1. The molecule has 3 aromatic rings. The number of amides is 3. The Balaban J connectivity index is 1.26. The molecule has 7 nitrogen and oxygen atoms in total. The molecule has 0 saturated carbocycles. The third kappa shape index (κ3) is 3.95. The zero-order valence-corrected chi connectivity index (χ0v) is 22.8. The Morgan fingerprint density at radius 2 is 1.27 bits per heavy atom. The van der Waals surface area contributed by atoms with E-state index in [-0.39, 0.29) is 23.7 Å². The number of carbonyl (C=O) groups is 4. The quantitative estimate of drug-likeness (QED) is 0.351. The molecular weight excluding hydrogens is 504 g/mol. The largest absolute Gasteiger partial charge is 0.454 e. The predicted molar refractivity (Wildman–Crippen MR) is 149 cm³/mol. The summed E-state index contributed by atoms with van der Waals surface area (Å²) in [7, 11) is 0. The number of para-hydroxylation sites is 1. The van der Waals surface area contributed by atoms with Gasteiger partial charge < -0.3 is 10.1 Å². The smallest absolute Gasteiger partial charge is 0.330 e. The zero-order valence-electron chi connectivity index (χ0n) is 22.8. The second-order valence-corrected chi connectivity index (χ2v) is 11.2. The second kappa shape index (κ2) is 10.0. The first kappa shape index (κ1) is 26.0. The number of hydrogen-bond donors (Lipinski definition) is 1. The first-order valence-electron chi connectivity index (χ1n) is 13.9. The van der Waals surface area contributed by atoms with Gasteiger partial charge in [-0.05, 0) is 46.2 Å². The molecule has 40 heavy (non-hydrogen) atoms. The van der Waals surface area contributed by atoms with Gasteiger partial charge in [0, 0.05) is 17.5 Å². The third-order valence-electron chi connectivity index (χ3n) is 8.65. The molecule has 1 heterocycles. The zero-order chi connectivity index (χ0) is 28.1. The van der Waals surface area contributed by atoms with Crippen molar-refractivity contribution in [2.75, 3.05) is 11.9 Å². The highest BCUT2D eigenvalue weighted by atomic mass is 16.5. The average molecular weight is 537 g/mol. The molecule has 0 unspecified atom stereocenters. The maximum atomic E-state index is 14.1. The van der Waals surface area contributed by atoms with Crippen LogP contribution in [0.1, 0.15) is 60.4 Å². The summed E-state index contributed by atoms with van der Waals surface area (Å²) in [5, 5.41) is 2.79. The van der Waals surface area contributed by atoms with Crippen molar-refractivity contribution in [2.45, 2.75) is 45.1 Å². The van der Waals surface area contributed by atoms with Gasteiger partial charge in [0.25, 0.3) is 5.91 Å². The Kier molecular flexibility index (Phi) is 6.53. The molecule has 1 saturated heterocycles. The van der Waals surface area contributed by atoms with Gasteiger partial charge in [-0.1, -0.05) is 87.5 Å². The molecule has 7 heteroatoms. The van der Waals surface area contributed by atoms with E-state index in [1.807, 2.05) is 73.7 Å². The number of hydrogen-bond acceptors (Lipinski definition) is 5. The summed E-state index contributed by atoms with van der Waals surface area (Å²) in [5.74, 6) is -3.97. The normalized spacial score (nSPS) is 22.9. The minimum Gasteiger partial charge on any atom is -0.454 e. The molecule has 0 spiro atoms. The van der Waals surface area contributed by atoms with E-state index in [0.29, 0.717) is 5.69 Å². The van der Waals surface area contributed by atoms with Crippen LogP contribution in [0.3, 0.4) is 0 Å². The Bertz CT molecular complexity index is 1410. The number of likely N-dealkylation sites (tertiary alicyclic amines) is 1. The fraction of sp³-hybridized carbons (Fsp3) is 0.333. The molecule has 204 valence electrons. The standard InChI is InChI=1S/C33H32N2O5/c1-4-19-11-5-10-16-24(19)34-25(36)17-40-33(39)30(18(2)3)35-31(37)28-26-20-12-6-7-13-21(20)27(29(28)32(35)38)23-15-9-8-14-22(23)26/h5-16,18,26-30H,4,17H2,1-3H3,(H,34,36)/t26?,27?,28-,29+,30-/m0/s1. The van der Waals surface area contributed by atoms with Crippen LogP contribution in [0, 0.1) is 17.8 Å². The fourth-order valence-electron chi connectivity index (χ4n) is 7.01. The van der Waals surface area contributed by atoms with Crippen molar-refractivity contribution in [3.05, 3.63) is 101 Å². The van der Waals surface area contributed by atoms with Crippen LogP contribution in [-0.2, 0) is 30.3 Å². The van der Waals surface area contributed by atoms with Crippen molar-refractivity contribution >= 4 is 29.4 Å². The molecule has 3 aromatic carbocycles. The number of ether oxygens (including phenoxy) is 1. The number of esters is 1. The third-order valence-corrected chi connectivity index (χ3v) is 8.65. The molecule has 1 aliphatic heterocycles. The van der Waals surface area contributed by atoms with E-state index in [4.69, 9.17) is 4.74 Å². The lowest BCUT2D eigenvalue weighted by molar-refractivity contribution is -0.162. The monoisotopic (exact) mass is 536 g/mol. The van der Waals surface area contributed by atoms with Crippen LogP contribution in [0.25, 0.3) is 0 Å². The van der Waals surface area contributed by atoms with Crippen LogP contribution >= 0.6 is 0 Å². The van der Waals surface area contributed by atoms with Gasteiger partial charge in [0.1, 0.15) is 6.04 Å². The number of aryl methyl sites for hydroxylation is 1. The molecule has 2 bridgehead atoms. The SMILES string of the molecule is CCc1ccccc1NC(=O)COC(=O)[C@H](C(C)C)N1C(=O)[C@@H]2C3c4ccccc4C(c4ccccc43)[C@@H]2C1=O. The van der Waals surface area contributed by atoms with Gasteiger partial charge in [-0.25, -0.2) is 4.79 Å². The number of anilines is 1. The van der Waals surface area contributed by atoms with Crippen molar-refractivity contribution in [1.29, 1.82) is 0 Å². The van der Waals surface area contributed by atoms with Crippen LogP contribution < -0.4 is 5.32 Å². The highest BCUT2D eigenvalue weighted by Crippen LogP contribution is 2.61. The summed E-state index contributed by atoms with van der Waals surface area (Å²) >= 11 is 0. The Morgan fingerprint density at radius 1 is 0.800 bits per heavy atom. The van der Waals surface area contributed by atoms with Crippen LogP contribution in [0.5, 0.6) is 0 Å². The summed E-state index contributed by atoms with van der Waals surface area (Å²) in [5.41, 5.74) is 5.92. The lowest BCUT2D eigenvalue weighted by atomic mass is 9.55. The minimum absolute atomic E-state index is 0.253. The first-order chi connectivity index (χ1) is 19.3. The number of rotatable bonds is 7. The highest BCUT2D eigenvalue weighted by Gasteiger charge is 2.63. The van der Waals surface area contributed by atoms with Crippen LogP contribution in [0.4, 0.5) is 5.69 Å². The molecule has 7 rings (SSSR count). The summed E-state index contributed by atoms with van der Waals surface area (Å²) in [6.45, 7) is 5.04. The van der Waals surface area contributed by atoms with E-state index in [1.165, 1.54) is 0 Å². The van der Waals surface area contributed by atoms with Gasteiger partial charge >= 0.3 is 5.97 Å². The summed E-state index contributed by atoms with van der Waals surface area (Å²) in [6, 6.07) is 22.4. The van der Waals surface area contributed by atoms with Gasteiger partial charge in [-0.2, -0.15) is 0 Å². The number of nitrogens with one attached hydrogen (secondary N) is 1. The van der Waals surface area contributed by atoms with E-state index in [9.17, 15) is 19.2 Å². The van der Waals surface area contributed by atoms with Gasteiger partial charge in [0.15, 0.2) is 6.61 Å². The molecule has 3 atom stereocenters. The van der Waals surface area contributed by atoms with E-state index < -0.39 is 42.3 Å². The van der Waals surface area contributed by atoms with Crippen molar-refractivity contribution < 1.29 is 23.9 Å². The van der Waals surface area contributed by atoms with E-state index in [2.05, 4.69) is 5.32 Å². The number of carbonyl (C=O) groups excluding carboxylic acids is 4. The molecule has 1 fully saturated rings.